The minimum Gasteiger partial charge on any atom is -0.376 e. The highest BCUT2D eigenvalue weighted by Gasteiger charge is 2.30. The highest BCUT2D eigenvalue weighted by atomic mass is 16.5. The maximum Gasteiger partial charge on any atom is 0.220 e. The number of amides is 1. The monoisotopic (exact) mass is 384 g/mol. The topological polar surface area (TPSA) is 67.4 Å². The zero-order valence-corrected chi connectivity index (χ0v) is 19.0. The van der Waals surface area contributed by atoms with Crippen LogP contribution in [0.3, 0.4) is 0 Å². The van der Waals surface area contributed by atoms with Crippen LogP contribution in [-0.4, -0.2) is 43.5 Å². The van der Waals surface area contributed by atoms with Gasteiger partial charge in [0.15, 0.2) is 5.78 Å². The Balaban J connectivity index is 4.58. The maximum atomic E-state index is 12.7. The van der Waals surface area contributed by atoms with Crippen LogP contribution in [0.1, 0.15) is 87.0 Å². The van der Waals surface area contributed by atoms with Crippen LogP contribution < -0.4 is 10.6 Å². The Morgan fingerprint density at radius 3 is 2.15 bits per heavy atom. The Morgan fingerprint density at radius 1 is 1.00 bits per heavy atom. The van der Waals surface area contributed by atoms with Crippen LogP contribution in [0, 0.1) is 11.3 Å². The Labute approximate surface area is 167 Å². The molecule has 0 spiro atoms. The lowest BCUT2D eigenvalue weighted by atomic mass is 9.84. The van der Waals surface area contributed by atoms with Gasteiger partial charge in [-0.2, -0.15) is 0 Å². The van der Waals surface area contributed by atoms with E-state index in [0.29, 0.717) is 31.8 Å². The van der Waals surface area contributed by atoms with Gasteiger partial charge in [-0.1, -0.05) is 34.6 Å². The Bertz CT molecular complexity index is 439. The lowest BCUT2D eigenvalue weighted by Crippen LogP contribution is -2.46. The summed E-state index contributed by atoms with van der Waals surface area (Å²) in [6.07, 6.45) is 4.64. The van der Waals surface area contributed by atoms with E-state index in [9.17, 15) is 9.59 Å². The van der Waals surface area contributed by atoms with Gasteiger partial charge in [0.25, 0.3) is 0 Å². The van der Waals surface area contributed by atoms with Crippen LogP contribution in [0.25, 0.3) is 0 Å². The van der Waals surface area contributed by atoms with E-state index >= 15 is 0 Å². The van der Waals surface area contributed by atoms with Crippen molar-refractivity contribution >= 4 is 11.7 Å². The normalized spacial score (nSPS) is 13.7. The number of nitrogens with one attached hydrogen (secondary N) is 2. The number of carbonyl (C=O) groups is 2. The maximum absolute atomic E-state index is 12.7. The summed E-state index contributed by atoms with van der Waals surface area (Å²) >= 11 is 0. The van der Waals surface area contributed by atoms with E-state index in [0.717, 1.165) is 25.8 Å². The fraction of sp³-hybridized carbons (Fsp3) is 0.909. The van der Waals surface area contributed by atoms with Gasteiger partial charge in [0, 0.05) is 18.4 Å². The highest BCUT2D eigenvalue weighted by Crippen LogP contribution is 2.21. The summed E-state index contributed by atoms with van der Waals surface area (Å²) in [6.45, 7) is 15.8. The molecule has 5 nitrogen and oxygen atoms in total. The molecule has 0 rings (SSSR count). The second kappa shape index (κ2) is 12.5. The first-order chi connectivity index (χ1) is 12.4. The van der Waals surface area contributed by atoms with Crippen LogP contribution in [0.5, 0.6) is 0 Å². The Kier molecular flexibility index (Phi) is 12.1. The van der Waals surface area contributed by atoms with Gasteiger partial charge in [0.2, 0.25) is 5.91 Å². The zero-order valence-electron chi connectivity index (χ0n) is 19.0. The zero-order chi connectivity index (χ0) is 21.1. The van der Waals surface area contributed by atoms with Crippen molar-refractivity contribution in [3.63, 3.8) is 0 Å². The molecule has 5 heteroatoms. The highest BCUT2D eigenvalue weighted by molar-refractivity contribution is 5.92. The average Bonchev–Trinajstić information content (AvgIpc) is 2.54. The van der Waals surface area contributed by atoms with Crippen LogP contribution in [0.2, 0.25) is 0 Å². The van der Waals surface area contributed by atoms with Crippen LogP contribution in [0.4, 0.5) is 0 Å². The minimum atomic E-state index is -0.458. The minimum absolute atomic E-state index is 0.0632. The summed E-state index contributed by atoms with van der Waals surface area (Å²) in [6, 6.07) is -0.403. The van der Waals surface area contributed by atoms with E-state index < -0.39 is 11.5 Å². The molecule has 0 aliphatic carbocycles. The van der Waals surface area contributed by atoms with Crippen molar-refractivity contribution in [1.29, 1.82) is 0 Å². The number of ether oxygens (including phenoxy) is 1. The van der Waals surface area contributed by atoms with E-state index in [1.165, 1.54) is 0 Å². The molecule has 2 N–H and O–H groups in total. The molecule has 0 radical (unpaired) electrons. The van der Waals surface area contributed by atoms with Crippen LogP contribution in [0.15, 0.2) is 0 Å². The first-order valence-electron chi connectivity index (χ1n) is 10.5. The molecule has 0 saturated heterocycles. The van der Waals surface area contributed by atoms with E-state index in [1.54, 1.807) is 0 Å². The average molecular weight is 385 g/mol. The molecule has 0 heterocycles. The second-order valence-electron chi connectivity index (χ2n) is 9.62. The third kappa shape index (κ3) is 13.0. The number of hydrogen-bond donors (Lipinski definition) is 2. The third-order valence-electron chi connectivity index (χ3n) is 4.70. The lowest BCUT2D eigenvalue weighted by Gasteiger charge is -2.28. The van der Waals surface area contributed by atoms with Gasteiger partial charge in [-0.05, 0) is 65.5 Å². The molecular formula is C22H44N2O3. The van der Waals surface area contributed by atoms with Gasteiger partial charge in [-0.25, -0.2) is 0 Å². The van der Waals surface area contributed by atoms with E-state index in [2.05, 4.69) is 24.5 Å². The quantitative estimate of drug-likeness (QED) is 0.443. The summed E-state index contributed by atoms with van der Waals surface area (Å²) in [5.41, 5.74) is -0.789. The molecular weight excluding hydrogens is 340 g/mol. The van der Waals surface area contributed by atoms with Gasteiger partial charge in [0.05, 0.1) is 11.6 Å². The number of rotatable bonds is 14. The van der Waals surface area contributed by atoms with E-state index in [-0.39, 0.29) is 17.3 Å². The fourth-order valence-electron chi connectivity index (χ4n) is 2.77. The van der Waals surface area contributed by atoms with Crippen molar-refractivity contribution in [2.45, 2.75) is 98.6 Å². The molecule has 1 atom stereocenters. The number of ketones is 1. The van der Waals surface area contributed by atoms with E-state index in [1.807, 2.05) is 41.7 Å². The molecule has 0 fully saturated rings. The van der Waals surface area contributed by atoms with Gasteiger partial charge in [0.1, 0.15) is 0 Å². The summed E-state index contributed by atoms with van der Waals surface area (Å²) in [5.74, 6) is 0.649. The molecule has 1 unspecified atom stereocenters. The Morgan fingerprint density at radius 2 is 1.63 bits per heavy atom. The van der Waals surface area contributed by atoms with Crippen molar-refractivity contribution < 1.29 is 14.3 Å². The molecule has 0 aromatic rings. The summed E-state index contributed by atoms with van der Waals surface area (Å²) in [5, 5.41) is 6.10. The lowest BCUT2D eigenvalue weighted by molar-refractivity contribution is -0.133. The van der Waals surface area contributed by atoms with Gasteiger partial charge in [-0.3, -0.25) is 9.59 Å². The molecule has 0 bridgehead atoms. The summed E-state index contributed by atoms with van der Waals surface area (Å²) < 4.78 is 5.94. The SMILES string of the molecule is CNCCCCC(NC(=O)CCC(C)(C)OCCC(C)C)C(=O)C(C)(C)C. The molecule has 0 aromatic heterocycles. The number of carbonyl (C=O) groups excluding carboxylic acids is 2. The van der Waals surface area contributed by atoms with Gasteiger partial charge >= 0.3 is 0 Å². The van der Waals surface area contributed by atoms with Gasteiger partial charge in [-0.15, -0.1) is 0 Å². The summed E-state index contributed by atoms with van der Waals surface area (Å²) in [4.78, 5) is 25.2. The number of hydrogen-bond acceptors (Lipinski definition) is 4. The molecule has 0 aromatic carbocycles. The van der Waals surface area contributed by atoms with Crippen LogP contribution >= 0.6 is 0 Å². The molecule has 1 amide bonds. The third-order valence-corrected chi connectivity index (χ3v) is 4.70. The van der Waals surface area contributed by atoms with Crippen molar-refractivity contribution in [3.8, 4) is 0 Å². The predicted octanol–water partition coefficient (Wildman–Crippen LogP) is 4.10. The molecule has 0 aliphatic rings. The smallest absolute Gasteiger partial charge is 0.220 e. The van der Waals surface area contributed by atoms with Crippen molar-refractivity contribution in [2.24, 2.45) is 11.3 Å². The second-order valence-corrected chi connectivity index (χ2v) is 9.62. The van der Waals surface area contributed by atoms with Crippen molar-refractivity contribution in [2.75, 3.05) is 20.2 Å². The standard InChI is InChI=1S/C22H44N2O3/c1-17(2)13-16-27-22(6,7)14-12-19(25)24-18(11-9-10-15-23-8)20(26)21(3,4)5/h17-18,23H,9-16H2,1-8H3,(H,24,25). The van der Waals surface area contributed by atoms with Crippen molar-refractivity contribution in [3.05, 3.63) is 0 Å². The molecule has 27 heavy (non-hydrogen) atoms. The van der Waals surface area contributed by atoms with Crippen LogP contribution in [-0.2, 0) is 14.3 Å². The van der Waals surface area contributed by atoms with E-state index in [4.69, 9.17) is 4.74 Å². The first kappa shape index (κ1) is 26.1. The fourth-order valence-corrected chi connectivity index (χ4v) is 2.77. The first-order valence-corrected chi connectivity index (χ1v) is 10.5. The number of unbranched alkanes of at least 4 members (excludes halogenated alkanes) is 1. The predicted molar refractivity (Wildman–Crippen MR) is 113 cm³/mol. The number of Topliss-reactive ketones (excluding diaryl/α,β-unsaturated/α-hetero) is 1. The molecule has 0 saturated carbocycles. The van der Waals surface area contributed by atoms with Crippen molar-refractivity contribution in [1.82, 2.24) is 10.6 Å². The summed E-state index contributed by atoms with van der Waals surface area (Å²) in [7, 11) is 1.92. The Hall–Kier alpha value is -0.940. The largest absolute Gasteiger partial charge is 0.376 e. The molecule has 160 valence electrons. The van der Waals surface area contributed by atoms with Gasteiger partial charge < -0.3 is 15.4 Å². The molecule has 0 aliphatic heterocycles.